The number of amides is 3. The van der Waals surface area contributed by atoms with Crippen LogP contribution < -0.4 is 25.4 Å². The summed E-state index contributed by atoms with van der Waals surface area (Å²) < 4.78 is 34.6. The van der Waals surface area contributed by atoms with Crippen LogP contribution in [0.2, 0.25) is 0 Å². The molecule has 7 nitrogen and oxygen atoms in total. The Morgan fingerprint density at radius 3 is 2.18 bits per heavy atom. The number of urea groups is 1. The smallest absolute Gasteiger partial charge is 0.387 e. The Kier molecular flexibility index (Phi) is 8.18. The second-order valence-corrected chi connectivity index (χ2v) is 6.89. The van der Waals surface area contributed by atoms with E-state index in [0.29, 0.717) is 35.5 Å². The van der Waals surface area contributed by atoms with Crippen LogP contribution in [0.4, 0.5) is 25.0 Å². The van der Waals surface area contributed by atoms with Gasteiger partial charge in [-0.25, -0.2) is 4.79 Å². The molecule has 0 aliphatic rings. The highest BCUT2D eigenvalue weighted by Crippen LogP contribution is 2.29. The van der Waals surface area contributed by atoms with E-state index in [1.54, 1.807) is 42.5 Å². The van der Waals surface area contributed by atoms with Crippen molar-refractivity contribution in [2.24, 2.45) is 0 Å². The van der Waals surface area contributed by atoms with E-state index in [2.05, 4.69) is 20.7 Å². The number of para-hydroxylation sites is 1. The molecule has 3 amide bonds. The normalized spacial score (nSPS) is 10.4. The molecule has 0 heterocycles. The number of nitrogens with one attached hydrogen (secondary N) is 3. The number of hydrogen-bond donors (Lipinski definition) is 3. The maximum atomic E-state index is 12.5. The van der Waals surface area contributed by atoms with E-state index in [9.17, 15) is 18.4 Å². The van der Waals surface area contributed by atoms with Gasteiger partial charge in [-0.1, -0.05) is 24.3 Å². The van der Waals surface area contributed by atoms with Gasteiger partial charge in [-0.15, -0.1) is 0 Å². The summed E-state index contributed by atoms with van der Waals surface area (Å²) in [5, 5.41) is 8.17. The number of anilines is 2. The number of benzene rings is 3. The molecule has 0 bridgehead atoms. The van der Waals surface area contributed by atoms with Crippen LogP contribution in [0.1, 0.15) is 15.9 Å². The quantitative estimate of drug-likeness (QED) is 0.428. The fourth-order valence-electron chi connectivity index (χ4n) is 3.01. The molecule has 0 fully saturated rings. The topological polar surface area (TPSA) is 88.7 Å². The first-order valence-electron chi connectivity index (χ1n) is 10.1. The van der Waals surface area contributed by atoms with Gasteiger partial charge in [0.05, 0.1) is 7.11 Å². The maximum Gasteiger partial charge on any atom is 0.387 e. The number of hydrogen-bond acceptors (Lipinski definition) is 4. The molecule has 0 spiro atoms. The van der Waals surface area contributed by atoms with Crippen molar-refractivity contribution in [1.29, 1.82) is 0 Å². The van der Waals surface area contributed by atoms with Crippen molar-refractivity contribution in [2.75, 3.05) is 24.3 Å². The largest absolute Gasteiger partial charge is 0.493 e. The van der Waals surface area contributed by atoms with Gasteiger partial charge in [0.2, 0.25) is 0 Å². The van der Waals surface area contributed by atoms with Crippen LogP contribution in [0.5, 0.6) is 11.5 Å². The summed E-state index contributed by atoms with van der Waals surface area (Å²) in [5.41, 5.74) is 2.32. The maximum absolute atomic E-state index is 12.5. The van der Waals surface area contributed by atoms with Gasteiger partial charge in [-0.3, -0.25) is 4.79 Å². The monoisotopic (exact) mass is 455 g/mol. The zero-order valence-corrected chi connectivity index (χ0v) is 17.8. The fraction of sp³-hybridized carbons (Fsp3) is 0.167. The van der Waals surface area contributed by atoms with Crippen molar-refractivity contribution in [2.45, 2.75) is 13.0 Å². The summed E-state index contributed by atoms with van der Waals surface area (Å²) in [6.07, 6.45) is 0.411. The number of halogens is 2. The first-order chi connectivity index (χ1) is 15.9. The van der Waals surface area contributed by atoms with Crippen molar-refractivity contribution in [3.8, 4) is 11.5 Å². The summed E-state index contributed by atoms with van der Waals surface area (Å²) in [6, 6.07) is 19.8. The van der Waals surface area contributed by atoms with Gasteiger partial charge in [0.25, 0.3) is 5.91 Å². The summed E-state index contributed by atoms with van der Waals surface area (Å²) in [4.78, 5) is 24.4. The van der Waals surface area contributed by atoms with Crippen LogP contribution in [0.25, 0.3) is 0 Å². The molecule has 3 rings (SSSR count). The first kappa shape index (κ1) is 23.5. The third-order valence-corrected chi connectivity index (χ3v) is 4.58. The fourth-order valence-corrected chi connectivity index (χ4v) is 3.01. The van der Waals surface area contributed by atoms with Crippen LogP contribution in [-0.4, -0.2) is 32.2 Å². The van der Waals surface area contributed by atoms with Crippen LogP contribution in [0.3, 0.4) is 0 Å². The molecule has 0 saturated carbocycles. The first-order valence-corrected chi connectivity index (χ1v) is 10.1. The van der Waals surface area contributed by atoms with Gasteiger partial charge in [0.1, 0.15) is 0 Å². The Morgan fingerprint density at radius 1 is 0.879 bits per heavy atom. The molecule has 0 saturated heterocycles. The highest BCUT2D eigenvalue weighted by molar-refractivity contribution is 6.00. The predicted molar refractivity (Wildman–Crippen MR) is 121 cm³/mol. The van der Waals surface area contributed by atoms with Crippen LogP contribution in [0, 0.1) is 0 Å². The Hall–Kier alpha value is -4.14. The second kappa shape index (κ2) is 11.5. The molecule has 3 N–H and O–H groups in total. The zero-order valence-electron chi connectivity index (χ0n) is 17.8. The SMILES string of the molecule is COc1ccc(CCNC(=O)c2ccc(NC(=O)Nc3ccccc3)cc2)cc1OC(F)F. The number of carbonyl (C=O) groups excluding carboxylic acids is 2. The van der Waals surface area contributed by atoms with Crippen LogP contribution in [-0.2, 0) is 6.42 Å². The summed E-state index contributed by atoms with van der Waals surface area (Å²) in [5.74, 6) is -0.155. The van der Waals surface area contributed by atoms with Crippen LogP contribution in [0.15, 0.2) is 72.8 Å². The van der Waals surface area contributed by atoms with Crippen LogP contribution >= 0.6 is 0 Å². The van der Waals surface area contributed by atoms with Crippen molar-refractivity contribution in [3.63, 3.8) is 0 Å². The molecule has 0 aliphatic heterocycles. The second-order valence-electron chi connectivity index (χ2n) is 6.89. The lowest BCUT2D eigenvalue weighted by atomic mass is 10.1. The number of ether oxygens (including phenoxy) is 2. The molecule has 0 aromatic heterocycles. The van der Waals surface area contributed by atoms with E-state index in [1.165, 1.54) is 19.2 Å². The van der Waals surface area contributed by atoms with E-state index in [4.69, 9.17) is 4.74 Å². The molecule has 0 aliphatic carbocycles. The molecular formula is C24H23F2N3O4. The van der Waals surface area contributed by atoms with Crippen molar-refractivity contribution in [1.82, 2.24) is 5.32 Å². The molecule has 33 heavy (non-hydrogen) atoms. The molecule has 3 aromatic carbocycles. The number of carbonyl (C=O) groups is 2. The van der Waals surface area contributed by atoms with Gasteiger partial charge in [0.15, 0.2) is 11.5 Å². The molecule has 172 valence electrons. The molecule has 9 heteroatoms. The highest BCUT2D eigenvalue weighted by atomic mass is 19.3. The van der Waals surface area contributed by atoms with Crippen molar-refractivity contribution < 1.29 is 27.8 Å². The summed E-state index contributed by atoms with van der Waals surface area (Å²) >= 11 is 0. The van der Waals surface area contributed by atoms with E-state index in [-0.39, 0.29) is 17.4 Å². The third kappa shape index (κ3) is 7.20. The van der Waals surface area contributed by atoms with Gasteiger partial charge in [0, 0.05) is 23.5 Å². The molecule has 3 aromatic rings. The summed E-state index contributed by atoms with van der Waals surface area (Å²) in [6.45, 7) is -2.67. The molecule has 0 unspecified atom stereocenters. The zero-order chi connectivity index (χ0) is 23.6. The molecule has 0 atom stereocenters. The van der Waals surface area contributed by atoms with E-state index < -0.39 is 12.6 Å². The average molecular weight is 455 g/mol. The van der Waals surface area contributed by atoms with Gasteiger partial charge in [-0.05, 0) is 60.5 Å². The van der Waals surface area contributed by atoms with E-state index in [1.807, 2.05) is 18.2 Å². The third-order valence-electron chi connectivity index (χ3n) is 4.58. The lowest BCUT2D eigenvalue weighted by Gasteiger charge is -2.12. The molecular weight excluding hydrogens is 432 g/mol. The minimum Gasteiger partial charge on any atom is -0.493 e. The average Bonchev–Trinajstić information content (AvgIpc) is 2.80. The number of rotatable bonds is 9. The van der Waals surface area contributed by atoms with Crippen molar-refractivity contribution >= 4 is 23.3 Å². The Balaban J connectivity index is 1.49. The Labute approximate surface area is 189 Å². The molecule has 0 radical (unpaired) electrons. The number of methoxy groups -OCH3 is 1. The van der Waals surface area contributed by atoms with Gasteiger partial charge in [-0.2, -0.15) is 8.78 Å². The van der Waals surface area contributed by atoms with Crippen molar-refractivity contribution in [3.05, 3.63) is 83.9 Å². The highest BCUT2D eigenvalue weighted by Gasteiger charge is 2.12. The standard InChI is InChI=1S/C24H23F2N3O4/c1-32-20-12-7-16(15-21(20)33-23(25)26)13-14-27-22(30)17-8-10-19(11-9-17)29-24(31)28-18-5-3-2-4-6-18/h2-12,15,23H,13-14H2,1H3,(H,27,30)(H2,28,29,31). The lowest BCUT2D eigenvalue weighted by Crippen LogP contribution is -2.25. The minimum atomic E-state index is -2.96. The van der Waals surface area contributed by atoms with Gasteiger partial charge >= 0.3 is 12.6 Å². The summed E-state index contributed by atoms with van der Waals surface area (Å²) in [7, 11) is 1.37. The Morgan fingerprint density at radius 2 is 1.55 bits per heavy atom. The van der Waals surface area contributed by atoms with E-state index >= 15 is 0 Å². The minimum absolute atomic E-state index is 0.0595. The van der Waals surface area contributed by atoms with Gasteiger partial charge < -0.3 is 25.4 Å². The number of alkyl halides is 2. The van der Waals surface area contributed by atoms with E-state index in [0.717, 1.165) is 0 Å². The lowest BCUT2D eigenvalue weighted by molar-refractivity contribution is -0.0512. The predicted octanol–water partition coefficient (Wildman–Crippen LogP) is 4.91. The Bertz CT molecular complexity index is 1080.